The number of rotatable bonds is 4. The summed E-state index contributed by atoms with van der Waals surface area (Å²) in [6, 6.07) is 10.8. The lowest BCUT2D eigenvalue weighted by atomic mass is 10.0. The van der Waals surface area contributed by atoms with Crippen LogP contribution in [-0.2, 0) is 0 Å². The Morgan fingerprint density at radius 1 is 0.810 bits per heavy atom. The molecule has 0 aliphatic rings. The summed E-state index contributed by atoms with van der Waals surface area (Å²) in [6.07, 6.45) is 3.28. The first-order valence-corrected chi connectivity index (χ1v) is 6.10. The number of nitriles is 2. The van der Waals surface area contributed by atoms with E-state index in [0.717, 1.165) is 16.7 Å². The summed E-state index contributed by atoms with van der Waals surface area (Å²) in [5, 5.41) is 17.1. The van der Waals surface area contributed by atoms with E-state index in [4.69, 9.17) is 24.7 Å². The van der Waals surface area contributed by atoms with Crippen LogP contribution in [0.5, 0.6) is 17.2 Å². The molecule has 0 amide bonds. The fourth-order valence-corrected chi connectivity index (χ4v) is 1.97. The minimum Gasteiger partial charge on any atom is -0.493 e. The molecule has 104 valence electrons. The number of nitrogens with zero attached hydrogens (tertiary/aromatic N) is 2. The predicted octanol–water partition coefficient (Wildman–Crippen LogP) is 3.39. The van der Waals surface area contributed by atoms with E-state index >= 15 is 0 Å². The molecular formula is C16H12N2O3. The first-order valence-electron chi connectivity index (χ1n) is 6.10. The Morgan fingerprint density at radius 3 is 1.95 bits per heavy atom. The van der Waals surface area contributed by atoms with Gasteiger partial charge in [-0.2, -0.15) is 0 Å². The van der Waals surface area contributed by atoms with Gasteiger partial charge in [-0.05, 0) is 47.9 Å². The van der Waals surface area contributed by atoms with E-state index < -0.39 is 0 Å². The molecule has 0 unspecified atom stereocenters. The van der Waals surface area contributed by atoms with Crippen LogP contribution in [0, 0.1) is 30.0 Å². The largest absolute Gasteiger partial charge is 0.493 e. The molecule has 0 heterocycles. The molecule has 21 heavy (non-hydrogen) atoms. The smallest absolute Gasteiger partial charge is 0.292 e. The zero-order valence-corrected chi connectivity index (χ0v) is 11.6. The lowest BCUT2D eigenvalue weighted by Crippen LogP contribution is -1.91. The van der Waals surface area contributed by atoms with Crippen LogP contribution in [-0.4, -0.2) is 7.11 Å². The quantitative estimate of drug-likeness (QED) is 0.802. The number of hydrogen-bond acceptors (Lipinski definition) is 5. The summed E-state index contributed by atoms with van der Waals surface area (Å²) >= 11 is 0. The highest BCUT2D eigenvalue weighted by atomic mass is 16.5. The zero-order chi connectivity index (χ0) is 15.2. The molecule has 0 atom stereocenters. The van der Waals surface area contributed by atoms with Gasteiger partial charge in [0.25, 0.3) is 12.5 Å². The normalized spacial score (nSPS) is 9.33. The average Bonchev–Trinajstić information content (AvgIpc) is 2.50. The van der Waals surface area contributed by atoms with Crippen molar-refractivity contribution in [1.82, 2.24) is 0 Å². The Bertz CT molecular complexity index is 742. The van der Waals surface area contributed by atoms with Gasteiger partial charge >= 0.3 is 0 Å². The van der Waals surface area contributed by atoms with Gasteiger partial charge in [-0.1, -0.05) is 12.1 Å². The number of methoxy groups -OCH3 is 1. The number of hydrogen-bond donors (Lipinski definition) is 0. The highest BCUT2D eigenvalue weighted by Crippen LogP contribution is 2.33. The maximum absolute atomic E-state index is 8.58. The summed E-state index contributed by atoms with van der Waals surface area (Å²) in [5.74, 6) is 1.37. The minimum absolute atomic E-state index is 0.366. The van der Waals surface area contributed by atoms with Crippen LogP contribution in [0.3, 0.4) is 0 Å². The molecule has 5 heteroatoms. The molecule has 0 radical (unpaired) electrons. The highest BCUT2D eigenvalue weighted by Gasteiger charge is 2.09. The van der Waals surface area contributed by atoms with Crippen LogP contribution in [0.15, 0.2) is 36.4 Å². The second kappa shape index (κ2) is 6.31. The first-order chi connectivity index (χ1) is 10.2. The lowest BCUT2D eigenvalue weighted by molar-refractivity contribution is 0.384. The van der Waals surface area contributed by atoms with Crippen molar-refractivity contribution in [3.8, 4) is 40.9 Å². The Labute approximate surface area is 122 Å². The van der Waals surface area contributed by atoms with Gasteiger partial charge in [-0.25, -0.2) is 0 Å². The molecule has 0 saturated heterocycles. The lowest BCUT2D eigenvalue weighted by Gasteiger charge is -2.10. The topological polar surface area (TPSA) is 75.3 Å². The fourth-order valence-electron chi connectivity index (χ4n) is 1.97. The molecule has 0 saturated carbocycles. The number of aryl methyl sites for hydroxylation is 1. The predicted molar refractivity (Wildman–Crippen MR) is 75.6 cm³/mol. The van der Waals surface area contributed by atoms with E-state index in [1.54, 1.807) is 30.7 Å². The van der Waals surface area contributed by atoms with E-state index in [9.17, 15) is 0 Å². The second-order valence-corrected chi connectivity index (χ2v) is 4.23. The summed E-state index contributed by atoms with van der Waals surface area (Å²) < 4.78 is 14.9. The molecular weight excluding hydrogens is 268 g/mol. The molecule has 0 bridgehead atoms. The van der Waals surface area contributed by atoms with Crippen LogP contribution >= 0.6 is 0 Å². The van der Waals surface area contributed by atoms with E-state index in [1.165, 1.54) is 7.11 Å². The standard InChI is InChI=1S/C16H12N2O3/c1-11-7-12(3-5-14(11)20-9-17)13-4-6-15(21-10-18)16(8-13)19-2/h3-8H,1-2H3. The van der Waals surface area contributed by atoms with E-state index in [0.29, 0.717) is 17.2 Å². The van der Waals surface area contributed by atoms with Crippen molar-refractivity contribution in [3.63, 3.8) is 0 Å². The van der Waals surface area contributed by atoms with Crippen molar-refractivity contribution >= 4 is 0 Å². The Balaban J connectivity index is 2.41. The molecule has 2 aromatic carbocycles. The molecule has 2 aromatic rings. The van der Waals surface area contributed by atoms with Gasteiger partial charge in [0.15, 0.2) is 11.5 Å². The highest BCUT2D eigenvalue weighted by molar-refractivity contribution is 5.69. The molecule has 0 fully saturated rings. The molecule has 0 spiro atoms. The van der Waals surface area contributed by atoms with Crippen LogP contribution < -0.4 is 14.2 Å². The van der Waals surface area contributed by atoms with Crippen molar-refractivity contribution in [2.75, 3.05) is 7.11 Å². The van der Waals surface area contributed by atoms with Gasteiger partial charge in [0.2, 0.25) is 0 Å². The maximum Gasteiger partial charge on any atom is 0.292 e. The first kappa shape index (κ1) is 14.2. The van der Waals surface area contributed by atoms with Crippen LogP contribution in [0.1, 0.15) is 5.56 Å². The van der Waals surface area contributed by atoms with Crippen molar-refractivity contribution in [1.29, 1.82) is 10.5 Å². The van der Waals surface area contributed by atoms with Gasteiger partial charge in [0, 0.05) is 0 Å². The summed E-state index contributed by atoms with van der Waals surface area (Å²) in [5.41, 5.74) is 2.70. The fraction of sp³-hybridized carbons (Fsp3) is 0.125. The van der Waals surface area contributed by atoms with Crippen LogP contribution in [0.2, 0.25) is 0 Å². The van der Waals surface area contributed by atoms with Crippen molar-refractivity contribution < 1.29 is 14.2 Å². The summed E-state index contributed by atoms with van der Waals surface area (Å²) in [7, 11) is 1.51. The minimum atomic E-state index is 0.366. The SMILES string of the molecule is COc1cc(-c2ccc(OC#N)c(C)c2)ccc1OC#N. The van der Waals surface area contributed by atoms with E-state index in [2.05, 4.69) is 0 Å². The van der Waals surface area contributed by atoms with Crippen molar-refractivity contribution in [3.05, 3.63) is 42.0 Å². The third kappa shape index (κ3) is 3.05. The zero-order valence-electron chi connectivity index (χ0n) is 11.6. The Morgan fingerprint density at radius 2 is 1.38 bits per heavy atom. The molecule has 0 aliphatic carbocycles. The van der Waals surface area contributed by atoms with E-state index in [1.807, 2.05) is 25.1 Å². The summed E-state index contributed by atoms with van der Waals surface area (Å²) in [4.78, 5) is 0. The average molecular weight is 280 g/mol. The second-order valence-electron chi connectivity index (χ2n) is 4.23. The third-order valence-corrected chi connectivity index (χ3v) is 2.98. The van der Waals surface area contributed by atoms with Crippen LogP contribution in [0.25, 0.3) is 11.1 Å². The van der Waals surface area contributed by atoms with Gasteiger partial charge < -0.3 is 14.2 Å². The van der Waals surface area contributed by atoms with Crippen LogP contribution in [0.4, 0.5) is 0 Å². The maximum atomic E-state index is 8.58. The number of ether oxygens (including phenoxy) is 3. The van der Waals surface area contributed by atoms with Crippen molar-refractivity contribution in [2.24, 2.45) is 0 Å². The number of benzene rings is 2. The summed E-state index contributed by atoms with van der Waals surface area (Å²) in [6.45, 7) is 1.86. The molecule has 0 aliphatic heterocycles. The molecule has 2 rings (SSSR count). The Hall–Kier alpha value is -3.18. The van der Waals surface area contributed by atoms with Gasteiger partial charge in [-0.15, -0.1) is 10.5 Å². The third-order valence-electron chi connectivity index (χ3n) is 2.98. The van der Waals surface area contributed by atoms with E-state index in [-0.39, 0.29) is 0 Å². The van der Waals surface area contributed by atoms with Gasteiger partial charge in [0.05, 0.1) is 7.11 Å². The molecule has 0 aromatic heterocycles. The Kier molecular flexibility index (Phi) is 4.28. The molecule has 0 N–H and O–H groups in total. The molecule has 5 nitrogen and oxygen atoms in total. The van der Waals surface area contributed by atoms with Gasteiger partial charge in [-0.3, -0.25) is 0 Å². The van der Waals surface area contributed by atoms with Crippen molar-refractivity contribution in [2.45, 2.75) is 6.92 Å². The van der Waals surface area contributed by atoms with Gasteiger partial charge in [0.1, 0.15) is 5.75 Å². The monoisotopic (exact) mass is 280 g/mol.